The fraction of sp³-hybridized carbons (Fsp3) is 0.476. The molecule has 0 unspecified atom stereocenters. The number of hydrogen-bond donors (Lipinski definition) is 2. The number of morpholine rings is 1. The molecule has 1 aromatic carbocycles. The molecule has 2 N–H and O–H groups in total. The molecule has 1 aliphatic rings. The Morgan fingerprint density at radius 1 is 1.35 bits per heavy atom. The van der Waals surface area contributed by atoms with E-state index < -0.39 is 6.10 Å². The minimum absolute atomic E-state index is 0.00641. The van der Waals surface area contributed by atoms with Crippen molar-refractivity contribution in [1.82, 2.24) is 25.0 Å². The monoisotopic (exact) mass is 431 g/mol. The highest BCUT2D eigenvalue weighted by Crippen LogP contribution is 2.40. The van der Waals surface area contributed by atoms with Gasteiger partial charge in [0.1, 0.15) is 12.7 Å². The number of aromatic nitrogens is 3. The first kappa shape index (κ1) is 24.0. The van der Waals surface area contributed by atoms with E-state index in [-0.39, 0.29) is 43.4 Å². The van der Waals surface area contributed by atoms with Gasteiger partial charge >= 0.3 is 0 Å². The maximum Gasteiger partial charge on any atom is 0.290 e. The lowest BCUT2D eigenvalue weighted by Gasteiger charge is -2.43. The van der Waals surface area contributed by atoms with Gasteiger partial charge in [-0.2, -0.15) is 5.10 Å². The second kappa shape index (κ2) is 11.2. The Hall–Kier alpha value is -3.27. The van der Waals surface area contributed by atoms with E-state index in [1.807, 2.05) is 56.0 Å². The van der Waals surface area contributed by atoms with Gasteiger partial charge in [0, 0.05) is 19.6 Å². The summed E-state index contributed by atoms with van der Waals surface area (Å²) in [7, 11) is 1.59. The Kier molecular flexibility index (Phi) is 8.68. The largest absolute Gasteiger partial charge is 0.483 e. The lowest BCUT2D eigenvalue weighted by atomic mass is 9.96. The van der Waals surface area contributed by atoms with Crippen LogP contribution < -0.4 is 5.32 Å². The van der Waals surface area contributed by atoms with E-state index in [1.165, 1.54) is 0 Å². The van der Waals surface area contributed by atoms with Crippen LogP contribution in [0.25, 0.3) is 0 Å². The highest BCUT2D eigenvalue weighted by atomic mass is 16.5. The summed E-state index contributed by atoms with van der Waals surface area (Å²) < 4.78 is 7.75. The predicted octanol–water partition coefficient (Wildman–Crippen LogP) is 1.34. The molecule has 0 saturated carbocycles. The van der Waals surface area contributed by atoms with E-state index in [1.54, 1.807) is 11.7 Å². The van der Waals surface area contributed by atoms with Crippen molar-refractivity contribution in [3.05, 3.63) is 47.5 Å². The Morgan fingerprint density at radius 2 is 2.00 bits per heavy atom. The summed E-state index contributed by atoms with van der Waals surface area (Å²) in [5.41, 5.74) is 0.979. The Balaban J connectivity index is 0.00000107. The van der Waals surface area contributed by atoms with Crippen LogP contribution in [-0.2, 0) is 32.1 Å². The van der Waals surface area contributed by atoms with Crippen molar-refractivity contribution in [2.75, 3.05) is 13.7 Å². The third kappa shape index (κ3) is 5.66. The van der Waals surface area contributed by atoms with Crippen molar-refractivity contribution >= 4 is 18.3 Å². The third-order valence-electron chi connectivity index (χ3n) is 4.85. The molecular weight excluding hydrogens is 402 g/mol. The number of rotatable bonds is 6. The molecule has 31 heavy (non-hydrogen) atoms. The summed E-state index contributed by atoms with van der Waals surface area (Å²) in [4.78, 5) is 39.2. The van der Waals surface area contributed by atoms with E-state index in [0.29, 0.717) is 18.2 Å². The number of likely N-dealkylation sites (N-methyl/N-ethyl adjacent to an activating group) is 1. The fourth-order valence-electron chi connectivity index (χ4n) is 3.59. The Bertz CT molecular complexity index is 884. The van der Waals surface area contributed by atoms with Gasteiger partial charge in [-0.1, -0.05) is 30.3 Å². The molecule has 0 spiro atoms. The SMILES string of the molecule is CCn1nc(CC(=O)NC)nc1[C@H]1OCC(=O)N(C(C)C)[C@@H]1c1ccccc1.O=CO. The normalized spacial score (nSPS) is 18.4. The summed E-state index contributed by atoms with van der Waals surface area (Å²) >= 11 is 0. The molecule has 0 radical (unpaired) electrons. The minimum Gasteiger partial charge on any atom is -0.483 e. The van der Waals surface area contributed by atoms with E-state index in [4.69, 9.17) is 14.6 Å². The molecule has 1 saturated heterocycles. The Labute approximate surface area is 181 Å². The number of benzene rings is 1. The standard InChI is InChI=1S/C20H27N5O3.CH2O2/c1-5-24-20(22-15(23-24)11-16(26)21-4)19-18(14-9-7-6-8-10-14)25(13(2)3)17(27)12-28-19;2-1-3/h6-10,13,18-19H,5,11-12H2,1-4H3,(H,21,26);1H,(H,2,3)/t18-,19+;/m1./s1. The third-order valence-corrected chi connectivity index (χ3v) is 4.85. The molecule has 2 heterocycles. The summed E-state index contributed by atoms with van der Waals surface area (Å²) in [5.74, 6) is 0.879. The van der Waals surface area contributed by atoms with Crippen molar-refractivity contribution in [2.24, 2.45) is 0 Å². The summed E-state index contributed by atoms with van der Waals surface area (Å²) in [5, 5.41) is 13.9. The fourth-order valence-corrected chi connectivity index (χ4v) is 3.59. The quantitative estimate of drug-likeness (QED) is 0.661. The second-order valence-corrected chi connectivity index (χ2v) is 7.14. The zero-order valence-corrected chi connectivity index (χ0v) is 18.2. The molecule has 10 nitrogen and oxygen atoms in total. The van der Waals surface area contributed by atoms with Crippen LogP contribution in [0.15, 0.2) is 30.3 Å². The van der Waals surface area contributed by atoms with Crippen LogP contribution in [0.4, 0.5) is 0 Å². The maximum atomic E-state index is 12.6. The smallest absolute Gasteiger partial charge is 0.290 e. The van der Waals surface area contributed by atoms with E-state index in [2.05, 4.69) is 15.4 Å². The molecule has 2 aromatic rings. The molecular formula is C21H29N5O5. The van der Waals surface area contributed by atoms with Crippen molar-refractivity contribution in [3.63, 3.8) is 0 Å². The van der Waals surface area contributed by atoms with Gasteiger partial charge < -0.3 is 20.1 Å². The average Bonchev–Trinajstić information content (AvgIpc) is 3.16. The van der Waals surface area contributed by atoms with Crippen molar-refractivity contribution in [2.45, 2.75) is 51.9 Å². The van der Waals surface area contributed by atoms with Crippen LogP contribution in [0, 0.1) is 0 Å². The Morgan fingerprint density at radius 3 is 2.55 bits per heavy atom. The van der Waals surface area contributed by atoms with E-state index in [0.717, 1.165) is 5.56 Å². The highest BCUT2D eigenvalue weighted by Gasteiger charge is 2.42. The number of ether oxygens (including phenoxy) is 1. The minimum atomic E-state index is -0.464. The predicted molar refractivity (Wildman–Crippen MR) is 112 cm³/mol. The first-order valence-electron chi connectivity index (χ1n) is 10.1. The molecule has 168 valence electrons. The molecule has 0 bridgehead atoms. The van der Waals surface area contributed by atoms with Gasteiger partial charge in [-0.3, -0.25) is 14.4 Å². The van der Waals surface area contributed by atoms with Gasteiger partial charge in [-0.15, -0.1) is 0 Å². The number of carbonyl (C=O) groups is 3. The molecule has 2 amide bonds. The van der Waals surface area contributed by atoms with Crippen molar-refractivity contribution < 1.29 is 24.2 Å². The maximum absolute atomic E-state index is 12.6. The van der Waals surface area contributed by atoms with Crippen LogP contribution >= 0.6 is 0 Å². The second-order valence-electron chi connectivity index (χ2n) is 7.14. The van der Waals surface area contributed by atoms with E-state index >= 15 is 0 Å². The number of hydrogen-bond acceptors (Lipinski definition) is 6. The number of amides is 2. The molecule has 10 heteroatoms. The average molecular weight is 431 g/mol. The highest BCUT2D eigenvalue weighted by molar-refractivity contribution is 5.79. The topological polar surface area (TPSA) is 127 Å². The van der Waals surface area contributed by atoms with Crippen molar-refractivity contribution in [1.29, 1.82) is 0 Å². The summed E-state index contributed by atoms with van der Waals surface area (Å²) in [6.45, 7) is 6.30. The van der Waals surface area contributed by atoms with Gasteiger partial charge in [0.25, 0.3) is 6.47 Å². The molecule has 2 atom stereocenters. The zero-order valence-electron chi connectivity index (χ0n) is 18.2. The number of nitrogens with zero attached hydrogens (tertiary/aromatic N) is 4. The van der Waals surface area contributed by atoms with Gasteiger partial charge in [-0.05, 0) is 26.3 Å². The van der Waals surface area contributed by atoms with Gasteiger partial charge in [0.05, 0.1) is 12.5 Å². The van der Waals surface area contributed by atoms with Crippen LogP contribution in [0.3, 0.4) is 0 Å². The van der Waals surface area contributed by atoms with Crippen molar-refractivity contribution in [3.8, 4) is 0 Å². The van der Waals surface area contributed by atoms with Crippen LogP contribution in [-0.4, -0.2) is 62.8 Å². The van der Waals surface area contributed by atoms with Gasteiger partial charge in [0.15, 0.2) is 11.6 Å². The number of nitrogens with one attached hydrogen (secondary N) is 1. The number of carbonyl (C=O) groups excluding carboxylic acids is 2. The van der Waals surface area contributed by atoms with Gasteiger partial charge in [0.2, 0.25) is 11.8 Å². The molecule has 1 aromatic heterocycles. The lowest BCUT2D eigenvalue weighted by Crippen LogP contribution is -2.49. The molecule has 0 aliphatic carbocycles. The summed E-state index contributed by atoms with van der Waals surface area (Å²) in [6, 6.07) is 9.52. The molecule has 1 fully saturated rings. The van der Waals surface area contributed by atoms with E-state index in [9.17, 15) is 9.59 Å². The van der Waals surface area contributed by atoms with Crippen LogP contribution in [0.1, 0.15) is 50.1 Å². The summed E-state index contributed by atoms with van der Waals surface area (Å²) in [6.07, 6.45) is -0.361. The zero-order chi connectivity index (χ0) is 23.0. The van der Waals surface area contributed by atoms with Crippen LogP contribution in [0.2, 0.25) is 0 Å². The first-order chi connectivity index (χ1) is 14.9. The molecule has 3 rings (SSSR count). The number of carboxylic acid groups (broad SMARTS) is 1. The first-order valence-corrected chi connectivity index (χ1v) is 10.1. The number of aryl methyl sites for hydroxylation is 1. The lowest BCUT2D eigenvalue weighted by molar-refractivity contribution is -0.163. The van der Waals surface area contributed by atoms with Crippen LogP contribution in [0.5, 0.6) is 0 Å². The van der Waals surface area contributed by atoms with Gasteiger partial charge in [-0.25, -0.2) is 9.67 Å². The molecule has 1 aliphatic heterocycles.